The number of hydrogen-bond donors (Lipinski definition) is 1. The third-order valence-corrected chi connectivity index (χ3v) is 7.02. The number of amides is 3. The maximum Gasteiger partial charge on any atom is 0.317 e. The highest BCUT2D eigenvalue weighted by Crippen LogP contribution is 2.37. The number of halogens is 2. The molecule has 2 aliphatic heterocycles. The van der Waals surface area contributed by atoms with Gasteiger partial charge in [-0.05, 0) is 24.6 Å². The maximum absolute atomic E-state index is 13.7. The summed E-state index contributed by atoms with van der Waals surface area (Å²) in [6, 6.07) is 14.2. The molecule has 2 aromatic carbocycles. The van der Waals surface area contributed by atoms with Gasteiger partial charge in [0.05, 0.1) is 25.0 Å². The van der Waals surface area contributed by atoms with Crippen molar-refractivity contribution in [3.05, 3.63) is 69.7 Å². The van der Waals surface area contributed by atoms with E-state index >= 15 is 0 Å². The lowest BCUT2D eigenvalue weighted by Gasteiger charge is -2.31. The Balaban J connectivity index is 1.57. The van der Waals surface area contributed by atoms with Crippen LogP contribution in [0.5, 0.6) is 0 Å². The molecule has 1 atom stereocenters. The Bertz CT molecular complexity index is 1110. The minimum Gasteiger partial charge on any atom is -0.379 e. The lowest BCUT2D eigenvalue weighted by Crippen LogP contribution is -2.49. The fourth-order valence-corrected chi connectivity index (χ4v) is 4.93. The van der Waals surface area contributed by atoms with Gasteiger partial charge in [0.1, 0.15) is 6.54 Å². The monoisotopic (exact) mass is 531 g/mol. The number of nitrogens with one attached hydrogen (secondary N) is 1. The van der Waals surface area contributed by atoms with Gasteiger partial charge in [-0.2, -0.15) is 5.10 Å². The second-order valence-electron chi connectivity index (χ2n) is 8.72. The van der Waals surface area contributed by atoms with Crippen LogP contribution in [0, 0.1) is 0 Å². The van der Waals surface area contributed by atoms with Gasteiger partial charge in [-0.15, -0.1) is 0 Å². The number of carbonyl (C=O) groups is 2. The SMILES string of the molecule is CCNC(=O)N(CCN1CCOCC1)CC(=O)N1N=C(c2ccccc2Cl)C[C@@H]1c1ccccc1Cl. The highest BCUT2D eigenvalue weighted by atomic mass is 35.5. The van der Waals surface area contributed by atoms with Crippen molar-refractivity contribution in [2.45, 2.75) is 19.4 Å². The Hall–Kier alpha value is -2.65. The third-order valence-electron chi connectivity index (χ3n) is 6.35. The Morgan fingerprint density at radius 3 is 2.47 bits per heavy atom. The number of hydrazone groups is 1. The molecular weight excluding hydrogens is 501 g/mol. The van der Waals surface area contributed by atoms with Crippen molar-refractivity contribution in [3.63, 3.8) is 0 Å². The van der Waals surface area contributed by atoms with Crippen LogP contribution in [0.25, 0.3) is 0 Å². The molecule has 2 aliphatic rings. The van der Waals surface area contributed by atoms with E-state index in [4.69, 9.17) is 33.0 Å². The molecule has 2 heterocycles. The average Bonchev–Trinajstić information content (AvgIpc) is 3.33. The largest absolute Gasteiger partial charge is 0.379 e. The highest BCUT2D eigenvalue weighted by Gasteiger charge is 2.36. The quantitative estimate of drug-likeness (QED) is 0.557. The van der Waals surface area contributed by atoms with Crippen LogP contribution in [0.15, 0.2) is 53.6 Å². The van der Waals surface area contributed by atoms with Crippen LogP contribution in [0.1, 0.15) is 30.5 Å². The maximum atomic E-state index is 13.7. The first-order valence-corrected chi connectivity index (χ1v) is 12.9. The lowest BCUT2D eigenvalue weighted by atomic mass is 9.98. The molecule has 3 amide bonds. The number of rotatable bonds is 8. The summed E-state index contributed by atoms with van der Waals surface area (Å²) in [6.45, 7) is 6.28. The van der Waals surface area contributed by atoms with Crippen LogP contribution in [0.3, 0.4) is 0 Å². The molecule has 0 unspecified atom stereocenters. The summed E-state index contributed by atoms with van der Waals surface area (Å²) in [4.78, 5) is 30.3. The first-order chi connectivity index (χ1) is 17.5. The summed E-state index contributed by atoms with van der Waals surface area (Å²) in [6.07, 6.45) is 0.466. The first kappa shape index (κ1) is 26.4. The molecule has 1 N–H and O–H groups in total. The van der Waals surface area contributed by atoms with Crippen molar-refractivity contribution in [1.82, 2.24) is 20.1 Å². The summed E-state index contributed by atoms with van der Waals surface area (Å²) < 4.78 is 5.41. The molecule has 36 heavy (non-hydrogen) atoms. The summed E-state index contributed by atoms with van der Waals surface area (Å²) in [7, 11) is 0. The highest BCUT2D eigenvalue weighted by molar-refractivity contribution is 6.34. The summed E-state index contributed by atoms with van der Waals surface area (Å²) in [5.41, 5.74) is 2.28. The van der Waals surface area contributed by atoms with E-state index in [0.29, 0.717) is 55.0 Å². The molecule has 2 aromatic rings. The van der Waals surface area contributed by atoms with Gasteiger partial charge >= 0.3 is 6.03 Å². The second kappa shape index (κ2) is 12.5. The standard InChI is InChI=1S/C26H31Cl2N5O3/c1-2-29-26(35)32(12-11-31-13-15-36-16-14-31)18-25(34)33-24(20-8-4-6-10-22(20)28)17-23(30-33)19-7-3-5-9-21(19)27/h3-10,24H,2,11-18H2,1H3,(H,29,35)/t24-/m1/s1. The van der Waals surface area contributed by atoms with Crippen molar-refractivity contribution in [2.75, 3.05) is 52.5 Å². The number of nitrogens with zero attached hydrogens (tertiary/aromatic N) is 4. The minimum absolute atomic E-state index is 0.101. The van der Waals surface area contributed by atoms with Gasteiger partial charge in [0.15, 0.2) is 0 Å². The van der Waals surface area contributed by atoms with Crippen molar-refractivity contribution >= 4 is 40.9 Å². The average molecular weight is 532 g/mol. The number of urea groups is 1. The molecule has 0 spiro atoms. The molecule has 10 heteroatoms. The lowest BCUT2D eigenvalue weighted by molar-refractivity contribution is -0.133. The second-order valence-corrected chi connectivity index (χ2v) is 9.53. The van der Waals surface area contributed by atoms with Crippen LogP contribution < -0.4 is 5.32 Å². The van der Waals surface area contributed by atoms with E-state index in [0.717, 1.165) is 24.2 Å². The predicted octanol–water partition coefficient (Wildman–Crippen LogP) is 4.03. The number of morpholine rings is 1. The molecular formula is C26H31Cl2N5O3. The van der Waals surface area contributed by atoms with Gasteiger partial charge < -0.3 is 15.0 Å². The first-order valence-electron chi connectivity index (χ1n) is 12.2. The number of benzene rings is 2. The van der Waals surface area contributed by atoms with Crippen LogP contribution in [-0.2, 0) is 9.53 Å². The van der Waals surface area contributed by atoms with Crippen LogP contribution >= 0.6 is 23.2 Å². The molecule has 1 saturated heterocycles. The van der Waals surface area contributed by atoms with Crippen molar-refractivity contribution < 1.29 is 14.3 Å². The molecule has 0 bridgehead atoms. The Kier molecular flexibility index (Phi) is 9.20. The molecule has 4 rings (SSSR count). The van der Waals surface area contributed by atoms with Crippen molar-refractivity contribution in [2.24, 2.45) is 5.10 Å². The Labute approximate surface area is 221 Å². The van der Waals surface area contributed by atoms with Crippen LogP contribution in [0.2, 0.25) is 10.0 Å². The van der Waals surface area contributed by atoms with E-state index in [1.807, 2.05) is 43.3 Å². The zero-order chi connectivity index (χ0) is 25.5. The third kappa shape index (κ3) is 6.37. The summed E-state index contributed by atoms with van der Waals surface area (Å²) in [5, 5.41) is 10.1. The Morgan fingerprint density at radius 2 is 1.78 bits per heavy atom. The molecule has 0 radical (unpaired) electrons. The molecule has 8 nitrogen and oxygen atoms in total. The van der Waals surface area contributed by atoms with E-state index in [2.05, 4.69) is 10.2 Å². The van der Waals surface area contributed by atoms with Gasteiger partial charge in [-0.25, -0.2) is 9.80 Å². The molecule has 192 valence electrons. The van der Waals surface area contributed by atoms with Crippen molar-refractivity contribution in [3.8, 4) is 0 Å². The number of carbonyl (C=O) groups excluding carboxylic acids is 2. The van der Waals surface area contributed by atoms with E-state index in [1.54, 1.807) is 17.0 Å². The predicted molar refractivity (Wildman–Crippen MR) is 142 cm³/mol. The zero-order valence-corrected chi connectivity index (χ0v) is 21.8. The number of ether oxygens (including phenoxy) is 1. The van der Waals surface area contributed by atoms with Crippen LogP contribution in [-0.4, -0.2) is 84.9 Å². The summed E-state index contributed by atoms with van der Waals surface area (Å²) in [5.74, 6) is -0.282. The topological polar surface area (TPSA) is 77.5 Å². The van der Waals surface area contributed by atoms with Gasteiger partial charge in [0, 0.05) is 54.8 Å². The van der Waals surface area contributed by atoms with Gasteiger partial charge in [-0.3, -0.25) is 9.69 Å². The molecule has 0 aromatic heterocycles. The zero-order valence-electron chi connectivity index (χ0n) is 20.3. The van der Waals surface area contributed by atoms with Crippen LogP contribution in [0.4, 0.5) is 4.79 Å². The molecule has 0 saturated carbocycles. The minimum atomic E-state index is -0.396. The smallest absolute Gasteiger partial charge is 0.317 e. The van der Waals surface area contributed by atoms with Gasteiger partial charge in [-0.1, -0.05) is 59.6 Å². The molecule has 1 fully saturated rings. The normalized spacial score (nSPS) is 18.1. The van der Waals surface area contributed by atoms with Crippen molar-refractivity contribution in [1.29, 1.82) is 0 Å². The molecule has 0 aliphatic carbocycles. The van der Waals surface area contributed by atoms with E-state index in [-0.39, 0.29) is 18.5 Å². The number of hydrogen-bond acceptors (Lipinski definition) is 5. The van der Waals surface area contributed by atoms with E-state index in [9.17, 15) is 9.59 Å². The fraction of sp³-hybridized carbons (Fsp3) is 0.423. The van der Waals surface area contributed by atoms with E-state index < -0.39 is 6.04 Å². The van der Waals surface area contributed by atoms with Gasteiger partial charge in [0.2, 0.25) is 0 Å². The summed E-state index contributed by atoms with van der Waals surface area (Å²) >= 11 is 13.0. The fourth-order valence-electron chi connectivity index (χ4n) is 4.42. The van der Waals surface area contributed by atoms with Gasteiger partial charge in [0.25, 0.3) is 5.91 Å². The van der Waals surface area contributed by atoms with E-state index in [1.165, 1.54) is 5.01 Å². The Morgan fingerprint density at radius 1 is 1.08 bits per heavy atom.